The maximum Gasteiger partial charge on any atom is 0.243 e. The Labute approximate surface area is 147 Å². The van der Waals surface area contributed by atoms with Crippen molar-refractivity contribution in [2.24, 2.45) is 0 Å². The number of aryl methyl sites for hydroxylation is 1. The number of nitrogens with zero attached hydrogens (tertiary/aromatic N) is 2. The van der Waals surface area contributed by atoms with E-state index < -0.39 is 10.0 Å². The Hall–Kier alpha value is -1.63. The molecule has 0 atom stereocenters. The second-order valence-corrected chi connectivity index (χ2v) is 8.12. The van der Waals surface area contributed by atoms with Gasteiger partial charge in [0.1, 0.15) is 6.10 Å². The largest absolute Gasteiger partial charge is 0.487 e. The van der Waals surface area contributed by atoms with Crippen LogP contribution in [0.3, 0.4) is 0 Å². The molecule has 0 unspecified atom stereocenters. The van der Waals surface area contributed by atoms with E-state index in [4.69, 9.17) is 16.3 Å². The van der Waals surface area contributed by atoms with Gasteiger partial charge in [-0.3, -0.25) is 0 Å². The molecule has 0 saturated carbocycles. The van der Waals surface area contributed by atoms with Gasteiger partial charge in [-0.2, -0.15) is 4.31 Å². The van der Waals surface area contributed by atoms with Gasteiger partial charge in [-0.05, 0) is 44.0 Å². The van der Waals surface area contributed by atoms with Crippen molar-refractivity contribution in [3.8, 4) is 5.75 Å². The Kier molecular flexibility index (Phi) is 5.08. The fraction of sp³-hybridized carbons (Fsp3) is 0.353. The molecule has 0 spiro atoms. The molecule has 0 N–H and O–H groups in total. The highest BCUT2D eigenvalue weighted by molar-refractivity contribution is 7.89. The van der Waals surface area contributed by atoms with E-state index in [-0.39, 0.29) is 6.10 Å². The smallest absolute Gasteiger partial charge is 0.243 e. The van der Waals surface area contributed by atoms with Gasteiger partial charge in [-0.1, -0.05) is 29.3 Å². The Morgan fingerprint density at radius 1 is 1.17 bits per heavy atom. The minimum Gasteiger partial charge on any atom is -0.487 e. The molecule has 2 heterocycles. The van der Waals surface area contributed by atoms with Gasteiger partial charge < -0.3 is 4.74 Å². The molecule has 24 heavy (non-hydrogen) atoms. The molecule has 2 aromatic rings. The van der Waals surface area contributed by atoms with E-state index in [0.29, 0.717) is 41.7 Å². The van der Waals surface area contributed by atoms with Gasteiger partial charge in [-0.25, -0.2) is 13.4 Å². The molecule has 0 aliphatic carbocycles. The highest BCUT2D eigenvalue weighted by Crippen LogP contribution is 2.27. The molecule has 0 amide bonds. The molecule has 0 radical (unpaired) electrons. The summed E-state index contributed by atoms with van der Waals surface area (Å²) in [5.41, 5.74) is 1.04. The third-order valence-electron chi connectivity index (χ3n) is 4.08. The monoisotopic (exact) mass is 366 g/mol. The quantitative estimate of drug-likeness (QED) is 0.779. The Morgan fingerprint density at radius 3 is 2.46 bits per heavy atom. The van der Waals surface area contributed by atoms with Gasteiger partial charge in [0.25, 0.3) is 0 Å². The molecular weight excluding hydrogens is 348 g/mol. The van der Waals surface area contributed by atoms with Crippen molar-refractivity contribution in [2.75, 3.05) is 13.1 Å². The minimum absolute atomic E-state index is 0.0591. The maximum absolute atomic E-state index is 12.7. The first-order chi connectivity index (χ1) is 11.5. The molecule has 1 aliphatic heterocycles. The van der Waals surface area contributed by atoms with E-state index in [0.717, 1.165) is 5.56 Å². The number of aromatic nitrogens is 1. The normalized spacial score (nSPS) is 16.9. The lowest BCUT2D eigenvalue weighted by molar-refractivity contribution is 0.135. The molecule has 0 bridgehead atoms. The lowest BCUT2D eigenvalue weighted by Gasteiger charge is -2.31. The van der Waals surface area contributed by atoms with E-state index in [1.54, 1.807) is 30.5 Å². The molecule has 1 aliphatic rings. The van der Waals surface area contributed by atoms with Crippen LogP contribution in [-0.2, 0) is 10.0 Å². The summed E-state index contributed by atoms with van der Waals surface area (Å²) < 4.78 is 32.7. The van der Waals surface area contributed by atoms with E-state index in [1.807, 2.05) is 19.1 Å². The van der Waals surface area contributed by atoms with E-state index in [9.17, 15) is 8.42 Å². The van der Waals surface area contributed by atoms with E-state index >= 15 is 0 Å². The van der Waals surface area contributed by atoms with E-state index in [1.165, 1.54) is 4.31 Å². The van der Waals surface area contributed by atoms with Gasteiger partial charge in [0.05, 0.1) is 4.90 Å². The average molecular weight is 367 g/mol. The number of ether oxygens (including phenoxy) is 1. The van der Waals surface area contributed by atoms with Crippen molar-refractivity contribution < 1.29 is 13.2 Å². The highest BCUT2D eigenvalue weighted by atomic mass is 35.5. The molecule has 1 saturated heterocycles. The van der Waals surface area contributed by atoms with Crippen molar-refractivity contribution in [3.63, 3.8) is 0 Å². The number of piperidine rings is 1. The molecule has 128 valence electrons. The second kappa shape index (κ2) is 7.09. The summed E-state index contributed by atoms with van der Waals surface area (Å²) in [6.07, 6.45) is 2.79. The van der Waals surface area contributed by atoms with Crippen LogP contribution in [0, 0.1) is 6.92 Å². The summed E-state index contributed by atoms with van der Waals surface area (Å²) >= 11 is 6.00. The van der Waals surface area contributed by atoms with Crippen LogP contribution in [0.2, 0.25) is 5.15 Å². The summed E-state index contributed by atoms with van der Waals surface area (Å²) in [5, 5.41) is 0.326. The second-order valence-electron chi connectivity index (χ2n) is 5.83. The minimum atomic E-state index is -3.44. The van der Waals surface area contributed by atoms with Gasteiger partial charge >= 0.3 is 0 Å². The van der Waals surface area contributed by atoms with E-state index in [2.05, 4.69) is 4.98 Å². The SMILES string of the molecule is Cc1ccc(S(=O)(=O)N2CCC(Oc3cccnc3Cl)CC2)cc1. The van der Waals surface area contributed by atoms with Gasteiger partial charge in [-0.15, -0.1) is 0 Å². The molecule has 1 fully saturated rings. The third kappa shape index (κ3) is 3.71. The summed E-state index contributed by atoms with van der Waals surface area (Å²) in [6, 6.07) is 10.5. The van der Waals surface area contributed by atoms with Gasteiger partial charge in [0.2, 0.25) is 10.0 Å². The number of hydrogen-bond acceptors (Lipinski definition) is 4. The topological polar surface area (TPSA) is 59.5 Å². The molecule has 3 rings (SSSR count). The predicted octanol–water partition coefficient (Wildman–Crippen LogP) is 3.28. The number of pyridine rings is 1. The third-order valence-corrected chi connectivity index (χ3v) is 6.27. The highest BCUT2D eigenvalue weighted by Gasteiger charge is 2.30. The van der Waals surface area contributed by atoms with Crippen LogP contribution in [0.25, 0.3) is 0 Å². The summed E-state index contributed by atoms with van der Waals surface area (Å²) in [4.78, 5) is 4.32. The maximum atomic E-state index is 12.7. The zero-order valence-electron chi connectivity index (χ0n) is 13.4. The van der Waals surface area contributed by atoms with Crippen LogP contribution in [0.1, 0.15) is 18.4 Å². The number of benzene rings is 1. The molecule has 1 aromatic heterocycles. The van der Waals surface area contributed by atoms with Gasteiger partial charge in [0, 0.05) is 19.3 Å². The average Bonchev–Trinajstić information content (AvgIpc) is 2.58. The van der Waals surface area contributed by atoms with Crippen LogP contribution in [-0.4, -0.2) is 36.9 Å². The number of rotatable bonds is 4. The van der Waals surface area contributed by atoms with Crippen molar-refractivity contribution >= 4 is 21.6 Å². The number of sulfonamides is 1. The summed E-state index contributed by atoms with van der Waals surface area (Å²) in [5.74, 6) is 0.541. The fourth-order valence-electron chi connectivity index (χ4n) is 2.69. The zero-order chi connectivity index (χ0) is 17.2. The molecule has 1 aromatic carbocycles. The first-order valence-corrected chi connectivity index (χ1v) is 9.62. The Balaban J connectivity index is 1.64. The van der Waals surface area contributed by atoms with Crippen molar-refractivity contribution in [1.29, 1.82) is 0 Å². The fourth-order valence-corrected chi connectivity index (χ4v) is 4.32. The van der Waals surface area contributed by atoms with Crippen LogP contribution in [0.5, 0.6) is 5.75 Å². The van der Waals surface area contributed by atoms with Gasteiger partial charge in [0.15, 0.2) is 10.9 Å². The Morgan fingerprint density at radius 2 is 1.83 bits per heavy atom. The standard InChI is InChI=1S/C17H19ClN2O3S/c1-13-4-6-15(7-5-13)24(21,22)20-11-8-14(9-12-20)23-16-3-2-10-19-17(16)18/h2-7,10,14H,8-9,11-12H2,1H3. The number of hydrogen-bond donors (Lipinski definition) is 0. The lowest BCUT2D eigenvalue weighted by Crippen LogP contribution is -2.41. The van der Waals surface area contributed by atoms with Crippen LogP contribution in [0.15, 0.2) is 47.5 Å². The molecule has 7 heteroatoms. The van der Waals surface area contributed by atoms with Crippen molar-refractivity contribution in [3.05, 3.63) is 53.3 Å². The number of halogens is 1. The van der Waals surface area contributed by atoms with Crippen molar-refractivity contribution in [1.82, 2.24) is 9.29 Å². The zero-order valence-corrected chi connectivity index (χ0v) is 14.9. The van der Waals surface area contributed by atoms with Crippen LogP contribution < -0.4 is 4.74 Å². The first-order valence-electron chi connectivity index (χ1n) is 7.81. The predicted molar refractivity (Wildman–Crippen MR) is 92.8 cm³/mol. The Bertz CT molecular complexity index is 801. The van der Waals surface area contributed by atoms with Crippen LogP contribution in [0.4, 0.5) is 0 Å². The lowest BCUT2D eigenvalue weighted by atomic mass is 10.1. The summed E-state index contributed by atoms with van der Waals surface area (Å²) in [6.45, 7) is 2.79. The van der Waals surface area contributed by atoms with Crippen molar-refractivity contribution in [2.45, 2.75) is 30.8 Å². The molecule has 5 nitrogen and oxygen atoms in total. The summed E-state index contributed by atoms with van der Waals surface area (Å²) in [7, 11) is -3.44. The molecular formula is C17H19ClN2O3S. The first kappa shape index (κ1) is 17.2. The van der Waals surface area contributed by atoms with Crippen LogP contribution >= 0.6 is 11.6 Å².